The van der Waals surface area contributed by atoms with Crippen LogP contribution in [0.15, 0.2) is 29.2 Å². The van der Waals surface area contributed by atoms with E-state index in [4.69, 9.17) is 10.5 Å². The molecular formula is C16H14N4OS. The molecule has 1 aromatic heterocycles. The van der Waals surface area contributed by atoms with Crippen molar-refractivity contribution in [1.82, 2.24) is 4.98 Å². The highest BCUT2D eigenvalue weighted by Gasteiger charge is 2.20. The number of thioether (sulfide) groups is 1. The molecule has 0 saturated carbocycles. The Kier molecular flexibility index (Phi) is 4.88. The van der Waals surface area contributed by atoms with Crippen LogP contribution in [0.2, 0.25) is 0 Å². The third-order valence-electron chi connectivity index (χ3n) is 3.08. The molecule has 0 aliphatic rings. The summed E-state index contributed by atoms with van der Waals surface area (Å²) in [6.07, 6.45) is 1.98. The number of hydrogen-bond donors (Lipinski definition) is 1. The molecular weight excluding hydrogens is 296 g/mol. The summed E-state index contributed by atoms with van der Waals surface area (Å²) in [5.41, 5.74) is 7.47. The van der Waals surface area contributed by atoms with Crippen LogP contribution >= 0.6 is 11.8 Å². The van der Waals surface area contributed by atoms with E-state index in [1.165, 1.54) is 0 Å². The summed E-state index contributed by atoms with van der Waals surface area (Å²) in [7, 11) is 0. The normalized spacial score (nSPS) is 9.82. The first-order valence-corrected chi connectivity index (χ1v) is 7.79. The number of nitriles is 2. The molecule has 2 N–H and O–H groups in total. The van der Waals surface area contributed by atoms with Gasteiger partial charge >= 0.3 is 0 Å². The Hall–Kier alpha value is -2.70. The maximum absolute atomic E-state index is 9.47. The van der Waals surface area contributed by atoms with Crippen molar-refractivity contribution < 1.29 is 4.74 Å². The average Bonchev–Trinajstić information content (AvgIpc) is 2.54. The summed E-state index contributed by atoms with van der Waals surface area (Å²) in [6.45, 7) is 2.15. The first-order chi connectivity index (χ1) is 10.7. The monoisotopic (exact) mass is 310 g/mol. The number of hydrogen-bond acceptors (Lipinski definition) is 6. The molecule has 1 aromatic carbocycles. The highest BCUT2D eigenvalue weighted by atomic mass is 32.2. The van der Waals surface area contributed by atoms with E-state index in [2.05, 4.69) is 11.1 Å². The largest absolute Gasteiger partial charge is 0.477 e. The van der Waals surface area contributed by atoms with Gasteiger partial charge in [-0.3, -0.25) is 0 Å². The fourth-order valence-electron chi connectivity index (χ4n) is 2.09. The predicted octanol–water partition coefficient (Wildman–Crippen LogP) is 3.19. The summed E-state index contributed by atoms with van der Waals surface area (Å²) in [5, 5.41) is 18.9. The number of benzene rings is 1. The van der Waals surface area contributed by atoms with Gasteiger partial charge in [-0.05, 0) is 30.9 Å². The lowest BCUT2D eigenvalue weighted by atomic mass is 9.96. The molecule has 0 amide bonds. The molecule has 0 spiro atoms. The second-order valence-electron chi connectivity index (χ2n) is 4.31. The fourth-order valence-corrected chi connectivity index (χ4v) is 2.49. The van der Waals surface area contributed by atoms with E-state index >= 15 is 0 Å². The zero-order chi connectivity index (χ0) is 16.1. The van der Waals surface area contributed by atoms with Crippen molar-refractivity contribution in [3.63, 3.8) is 0 Å². The minimum Gasteiger partial charge on any atom is -0.477 e. The van der Waals surface area contributed by atoms with E-state index < -0.39 is 0 Å². The maximum atomic E-state index is 9.47. The molecule has 0 saturated heterocycles. The third-order valence-corrected chi connectivity index (χ3v) is 3.82. The number of pyridine rings is 1. The van der Waals surface area contributed by atoms with Gasteiger partial charge in [0.2, 0.25) is 5.88 Å². The van der Waals surface area contributed by atoms with Crippen molar-refractivity contribution in [1.29, 1.82) is 10.5 Å². The minimum atomic E-state index is 0.0638. The SMILES string of the molecule is CCOc1nc(N)c(C#N)c(-c2ccc(SC)cc2)c1C#N. The lowest BCUT2D eigenvalue weighted by Crippen LogP contribution is -2.05. The van der Waals surface area contributed by atoms with E-state index in [-0.39, 0.29) is 22.8 Å². The molecule has 6 heteroatoms. The van der Waals surface area contributed by atoms with Crippen molar-refractivity contribution in [3.8, 4) is 29.1 Å². The van der Waals surface area contributed by atoms with Crippen LogP contribution in [0, 0.1) is 22.7 Å². The van der Waals surface area contributed by atoms with Gasteiger partial charge in [-0.25, -0.2) is 0 Å². The second kappa shape index (κ2) is 6.84. The van der Waals surface area contributed by atoms with E-state index in [1.807, 2.05) is 36.6 Å². The summed E-state index contributed by atoms with van der Waals surface area (Å²) in [5.74, 6) is 0.222. The van der Waals surface area contributed by atoms with Gasteiger partial charge in [-0.2, -0.15) is 15.5 Å². The van der Waals surface area contributed by atoms with Gasteiger partial charge < -0.3 is 10.5 Å². The summed E-state index contributed by atoms with van der Waals surface area (Å²) >= 11 is 1.62. The standard InChI is InChI=1S/C16H14N4OS/c1-3-21-16-13(9-18)14(12(8-17)15(19)20-16)10-4-6-11(22-2)7-5-10/h4-7H,3H2,1-2H3,(H2,19,20). The van der Waals surface area contributed by atoms with Gasteiger partial charge in [0, 0.05) is 10.5 Å². The number of anilines is 1. The number of ether oxygens (including phenoxy) is 1. The Morgan fingerprint density at radius 2 is 1.82 bits per heavy atom. The lowest BCUT2D eigenvalue weighted by Gasteiger charge is -2.13. The van der Waals surface area contributed by atoms with Crippen molar-refractivity contribution in [2.75, 3.05) is 18.6 Å². The van der Waals surface area contributed by atoms with Crippen molar-refractivity contribution >= 4 is 17.6 Å². The zero-order valence-electron chi connectivity index (χ0n) is 12.3. The molecule has 1 heterocycles. The Bertz CT molecular complexity index is 773. The molecule has 0 unspecified atom stereocenters. The molecule has 22 heavy (non-hydrogen) atoms. The van der Waals surface area contributed by atoms with Crippen molar-refractivity contribution in [2.45, 2.75) is 11.8 Å². The van der Waals surface area contributed by atoms with Crippen LogP contribution in [0.1, 0.15) is 18.1 Å². The smallest absolute Gasteiger partial charge is 0.234 e. The summed E-state index contributed by atoms with van der Waals surface area (Å²) < 4.78 is 5.39. The van der Waals surface area contributed by atoms with Gasteiger partial charge in [-0.1, -0.05) is 12.1 Å². The summed E-state index contributed by atoms with van der Waals surface area (Å²) in [4.78, 5) is 5.12. The van der Waals surface area contributed by atoms with Crippen LogP contribution in [0.3, 0.4) is 0 Å². The highest BCUT2D eigenvalue weighted by molar-refractivity contribution is 7.98. The van der Waals surface area contributed by atoms with Crippen LogP contribution in [0.25, 0.3) is 11.1 Å². The Morgan fingerprint density at radius 1 is 1.18 bits per heavy atom. The topological polar surface area (TPSA) is 95.7 Å². The third kappa shape index (κ3) is 2.83. The molecule has 0 atom stereocenters. The van der Waals surface area contributed by atoms with Crippen LogP contribution < -0.4 is 10.5 Å². The van der Waals surface area contributed by atoms with E-state index in [0.29, 0.717) is 12.2 Å². The highest BCUT2D eigenvalue weighted by Crippen LogP contribution is 2.35. The predicted molar refractivity (Wildman–Crippen MR) is 86.5 cm³/mol. The van der Waals surface area contributed by atoms with Crippen LogP contribution in [-0.2, 0) is 0 Å². The Labute approximate surface area is 133 Å². The lowest BCUT2D eigenvalue weighted by molar-refractivity contribution is 0.326. The van der Waals surface area contributed by atoms with E-state index in [9.17, 15) is 10.5 Å². The molecule has 0 fully saturated rings. The zero-order valence-corrected chi connectivity index (χ0v) is 13.1. The second-order valence-corrected chi connectivity index (χ2v) is 5.19. The van der Waals surface area contributed by atoms with Crippen molar-refractivity contribution in [3.05, 3.63) is 35.4 Å². The number of aromatic nitrogens is 1. The van der Waals surface area contributed by atoms with Gasteiger partial charge in [0.05, 0.1) is 6.61 Å². The van der Waals surface area contributed by atoms with E-state index in [1.54, 1.807) is 18.7 Å². The first-order valence-electron chi connectivity index (χ1n) is 6.57. The number of nitrogens with zero attached hydrogens (tertiary/aromatic N) is 3. The van der Waals surface area contributed by atoms with Gasteiger partial charge in [0.1, 0.15) is 29.1 Å². The molecule has 0 radical (unpaired) electrons. The minimum absolute atomic E-state index is 0.0638. The molecule has 0 bridgehead atoms. The van der Waals surface area contributed by atoms with Gasteiger partial charge in [0.25, 0.3) is 0 Å². The first kappa shape index (κ1) is 15.7. The van der Waals surface area contributed by atoms with Crippen LogP contribution in [-0.4, -0.2) is 17.8 Å². The molecule has 2 rings (SSSR count). The molecule has 110 valence electrons. The maximum Gasteiger partial charge on any atom is 0.234 e. The van der Waals surface area contributed by atoms with Crippen LogP contribution in [0.5, 0.6) is 5.88 Å². The van der Waals surface area contributed by atoms with Gasteiger partial charge in [0.15, 0.2) is 0 Å². The fraction of sp³-hybridized carbons (Fsp3) is 0.188. The van der Waals surface area contributed by atoms with E-state index in [0.717, 1.165) is 10.5 Å². The van der Waals surface area contributed by atoms with Crippen molar-refractivity contribution in [2.24, 2.45) is 0 Å². The summed E-state index contributed by atoms with van der Waals surface area (Å²) in [6, 6.07) is 11.7. The number of nitrogen functional groups attached to an aromatic ring is 1. The van der Waals surface area contributed by atoms with Crippen LogP contribution in [0.4, 0.5) is 5.82 Å². The molecule has 0 aliphatic heterocycles. The Balaban J connectivity index is 2.76. The molecule has 2 aromatic rings. The molecule has 5 nitrogen and oxygen atoms in total. The Morgan fingerprint density at radius 3 is 2.32 bits per heavy atom. The number of rotatable bonds is 4. The molecule has 0 aliphatic carbocycles. The number of nitrogens with two attached hydrogens (primary N) is 1. The quantitative estimate of drug-likeness (QED) is 0.871. The average molecular weight is 310 g/mol. The van der Waals surface area contributed by atoms with Gasteiger partial charge in [-0.15, -0.1) is 11.8 Å².